The van der Waals surface area contributed by atoms with E-state index < -0.39 is 0 Å². The number of hydrogen-bond acceptors (Lipinski definition) is 4. The molecule has 2 aromatic heterocycles. The molecule has 0 saturated heterocycles. The lowest BCUT2D eigenvalue weighted by Crippen LogP contribution is -2.10. The minimum atomic E-state index is -0.342. The van der Waals surface area contributed by atoms with Crippen LogP contribution in [-0.2, 0) is 13.2 Å². The van der Waals surface area contributed by atoms with Crippen molar-refractivity contribution < 1.29 is 13.9 Å². The number of nitrogens with one attached hydrogen (secondary N) is 1. The molecule has 1 amide bonds. The second kappa shape index (κ2) is 9.96. The van der Waals surface area contributed by atoms with Crippen LogP contribution in [0.25, 0.3) is 0 Å². The van der Waals surface area contributed by atoms with Gasteiger partial charge in [0.05, 0.1) is 18.4 Å². The largest absolute Gasteiger partial charge is 0.485 e. The molecule has 4 aromatic rings. The Bertz CT molecular complexity index is 1240. The molecule has 0 atom stereocenters. The van der Waals surface area contributed by atoms with E-state index in [0.29, 0.717) is 18.0 Å². The van der Waals surface area contributed by atoms with Crippen molar-refractivity contribution in [3.63, 3.8) is 0 Å². The van der Waals surface area contributed by atoms with E-state index in [9.17, 15) is 4.79 Å². The Morgan fingerprint density at radius 1 is 1.18 bits per heavy atom. The fourth-order valence-corrected chi connectivity index (χ4v) is 3.62. The zero-order valence-corrected chi connectivity index (χ0v) is 19.6. The monoisotopic (exact) mass is 463 g/mol. The van der Waals surface area contributed by atoms with Crippen LogP contribution in [0.15, 0.2) is 71.4 Å². The lowest BCUT2D eigenvalue weighted by atomic mass is 10.0. The first kappa shape index (κ1) is 22.7. The molecule has 0 spiro atoms. The van der Waals surface area contributed by atoms with E-state index in [1.165, 1.54) is 0 Å². The van der Waals surface area contributed by atoms with E-state index in [-0.39, 0.29) is 24.2 Å². The number of carbonyl (C=O) groups is 1. The second-order valence-corrected chi connectivity index (χ2v) is 8.62. The van der Waals surface area contributed by atoms with Gasteiger partial charge in [0.25, 0.3) is 5.91 Å². The molecular formula is C26H26ClN3O3. The summed E-state index contributed by atoms with van der Waals surface area (Å²) < 4.78 is 13.5. The lowest BCUT2D eigenvalue weighted by molar-refractivity contribution is 0.0992. The van der Waals surface area contributed by atoms with Crippen molar-refractivity contribution >= 4 is 23.2 Å². The summed E-state index contributed by atoms with van der Waals surface area (Å²) in [7, 11) is 0. The molecule has 0 bridgehead atoms. The predicted octanol–water partition coefficient (Wildman–Crippen LogP) is 6.44. The number of rotatable bonds is 8. The molecule has 7 heteroatoms. The number of nitrogens with zero attached hydrogens (tertiary/aromatic N) is 2. The first-order chi connectivity index (χ1) is 15.9. The molecule has 33 heavy (non-hydrogen) atoms. The highest BCUT2D eigenvalue weighted by Gasteiger charge is 2.15. The van der Waals surface area contributed by atoms with Crippen molar-refractivity contribution in [2.24, 2.45) is 0 Å². The number of amides is 1. The first-order valence-corrected chi connectivity index (χ1v) is 11.2. The van der Waals surface area contributed by atoms with Gasteiger partial charge in [-0.15, -0.1) is 0 Å². The van der Waals surface area contributed by atoms with Crippen LogP contribution in [0.4, 0.5) is 5.69 Å². The molecule has 0 aliphatic heterocycles. The summed E-state index contributed by atoms with van der Waals surface area (Å²) >= 11 is 6.27. The highest BCUT2D eigenvalue weighted by Crippen LogP contribution is 2.32. The van der Waals surface area contributed by atoms with Crippen molar-refractivity contribution in [2.75, 3.05) is 5.32 Å². The third-order valence-corrected chi connectivity index (χ3v) is 5.65. The van der Waals surface area contributed by atoms with Crippen molar-refractivity contribution in [1.82, 2.24) is 9.78 Å². The molecule has 1 N–H and O–H groups in total. The molecule has 0 fully saturated rings. The van der Waals surface area contributed by atoms with E-state index in [2.05, 4.69) is 24.3 Å². The number of halogens is 1. The number of aromatic nitrogens is 2. The fraction of sp³-hybridized carbons (Fsp3) is 0.231. The average molecular weight is 464 g/mol. The van der Waals surface area contributed by atoms with Gasteiger partial charge in [-0.05, 0) is 53.8 Å². The van der Waals surface area contributed by atoms with Crippen molar-refractivity contribution in [2.45, 2.75) is 39.8 Å². The zero-order valence-electron chi connectivity index (χ0n) is 18.8. The van der Waals surface area contributed by atoms with Crippen LogP contribution in [0.2, 0.25) is 5.02 Å². The van der Waals surface area contributed by atoms with Gasteiger partial charge < -0.3 is 14.5 Å². The summed E-state index contributed by atoms with van der Waals surface area (Å²) in [5, 5.41) is 7.84. The number of ether oxygens (including phenoxy) is 1. The molecule has 0 unspecified atom stereocenters. The standard InChI is InChI=1S/C26H26ClN3O3/c1-17(2)22-12-23(27)18(3)11-25(22)32-16-21-9-10-24(33-21)26(31)29-20-13-28-30(15-20)14-19-7-5-4-6-8-19/h4-13,15,17H,14,16H2,1-3H3,(H,29,31). The molecule has 0 aliphatic carbocycles. The summed E-state index contributed by atoms with van der Waals surface area (Å²) in [5.74, 6) is 1.45. The van der Waals surface area contributed by atoms with Gasteiger partial charge >= 0.3 is 0 Å². The normalized spacial score (nSPS) is 11.1. The van der Waals surface area contributed by atoms with Crippen LogP contribution in [0, 0.1) is 6.92 Å². The van der Waals surface area contributed by atoms with E-state index in [1.807, 2.05) is 49.4 Å². The Balaban J connectivity index is 1.37. The Kier molecular flexibility index (Phi) is 6.84. The topological polar surface area (TPSA) is 69.3 Å². The van der Waals surface area contributed by atoms with Gasteiger partial charge in [-0.1, -0.05) is 55.8 Å². The molecule has 2 aromatic carbocycles. The quantitative estimate of drug-likeness (QED) is 0.326. The molecular weight excluding hydrogens is 438 g/mol. The minimum Gasteiger partial charge on any atom is -0.485 e. The van der Waals surface area contributed by atoms with Crippen LogP contribution in [0.5, 0.6) is 5.75 Å². The fourth-order valence-electron chi connectivity index (χ4n) is 3.45. The Labute approximate surface area is 198 Å². The number of anilines is 1. The number of aryl methyl sites for hydroxylation is 1. The zero-order chi connectivity index (χ0) is 23.4. The summed E-state index contributed by atoms with van der Waals surface area (Å²) in [6, 6.07) is 17.3. The molecule has 6 nitrogen and oxygen atoms in total. The lowest BCUT2D eigenvalue weighted by Gasteiger charge is -2.15. The van der Waals surface area contributed by atoms with Gasteiger partial charge in [-0.25, -0.2) is 0 Å². The first-order valence-electron chi connectivity index (χ1n) is 10.8. The van der Waals surface area contributed by atoms with E-state index >= 15 is 0 Å². The third-order valence-electron chi connectivity index (χ3n) is 5.25. The number of furan rings is 1. The number of benzene rings is 2. The third kappa shape index (κ3) is 5.65. The minimum absolute atomic E-state index is 0.209. The Morgan fingerprint density at radius 3 is 2.73 bits per heavy atom. The van der Waals surface area contributed by atoms with E-state index in [1.54, 1.807) is 29.2 Å². The molecule has 4 rings (SSSR count). The van der Waals surface area contributed by atoms with Gasteiger partial charge in [-0.3, -0.25) is 9.48 Å². The van der Waals surface area contributed by atoms with Gasteiger partial charge in [0.15, 0.2) is 5.76 Å². The number of hydrogen-bond donors (Lipinski definition) is 1. The summed E-state index contributed by atoms with van der Waals surface area (Å²) in [4.78, 5) is 12.6. The van der Waals surface area contributed by atoms with Crippen molar-refractivity contribution in [3.8, 4) is 5.75 Å². The molecule has 0 radical (unpaired) electrons. The summed E-state index contributed by atoms with van der Waals surface area (Å²) in [5.41, 5.74) is 3.71. The smallest absolute Gasteiger partial charge is 0.291 e. The highest BCUT2D eigenvalue weighted by atomic mass is 35.5. The average Bonchev–Trinajstić information content (AvgIpc) is 3.44. The highest BCUT2D eigenvalue weighted by molar-refractivity contribution is 6.31. The van der Waals surface area contributed by atoms with Crippen LogP contribution in [0.3, 0.4) is 0 Å². The summed E-state index contributed by atoms with van der Waals surface area (Å²) in [6.45, 7) is 6.96. The maximum atomic E-state index is 12.6. The molecule has 170 valence electrons. The van der Waals surface area contributed by atoms with Crippen LogP contribution in [0.1, 0.15) is 52.8 Å². The van der Waals surface area contributed by atoms with Crippen LogP contribution < -0.4 is 10.1 Å². The maximum Gasteiger partial charge on any atom is 0.291 e. The van der Waals surface area contributed by atoms with Crippen LogP contribution in [-0.4, -0.2) is 15.7 Å². The Hall–Kier alpha value is -3.51. The Morgan fingerprint density at radius 2 is 1.97 bits per heavy atom. The van der Waals surface area contributed by atoms with E-state index in [0.717, 1.165) is 27.5 Å². The summed E-state index contributed by atoms with van der Waals surface area (Å²) in [6.07, 6.45) is 3.40. The van der Waals surface area contributed by atoms with Crippen molar-refractivity contribution in [3.05, 3.63) is 100 Å². The number of carbonyl (C=O) groups excluding carboxylic acids is 1. The van der Waals surface area contributed by atoms with E-state index in [4.69, 9.17) is 20.8 Å². The predicted molar refractivity (Wildman–Crippen MR) is 129 cm³/mol. The molecule has 2 heterocycles. The van der Waals surface area contributed by atoms with Crippen molar-refractivity contribution in [1.29, 1.82) is 0 Å². The SMILES string of the molecule is Cc1cc(OCc2ccc(C(=O)Nc3cnn(Cc4ccccc4)c3)o2)c(C(C)C)cc1Cl. The van der Waals surface area contributed by atoms with Gasteiger partial charge in [0.2, 0.25) is 0 Å². The molecule has 0 saturated carbocycles. The maximum absolute atomic E-state index is 12.6. The molecule has 0 aliphatic rings. The van der Waals surface area contributed by atoms with Gasteiger partial charge in [0, 0.05) is 11.2 Å². The van der Waals surface area contributed by atoms with Gasteiger partial charge in [-0.2, -0.15) is 5.10 Å². The van der Waals surface area contributed by atoms with Crippen LogP contribution >= 0.6 is 11.6 Å². The van der Waals surface area contributed by atoms with Gasteiger partial charge in [0.1, 0.15) is 18.1 Å². The second-order valence-electron chi connectivity index (χ2n) is 8.21.